The molecule has 43 heavy (non-hydrogen) atoms. The molecule has 2 N–H and O–H groups in total. The Kier molecular flexibility index (Phi) is 8.13. The number of hydrogen-bond acceptors (Lipinski definition) is 8. The molecule has 1 aliphatic rings. The molecule has 11 heteroatoms. The van der Waals surface area contributed by atoms with Gasteiger partial charge in [0.1, 0.15) is 18.1 Å². The Morgan fingerprint density at radius 2 is 1.86 bits per heavy atom. The van der Waals surface area contributed by atoms with Crippen molar-refractivity contribution in [3.05, 3.63) is 60.0 Å². The van der Waals surface area contributed by atoms with Crippen molar-refractivity contribution in [2.45, 2.75) is 46.0 Å². The Morgan fingerprint density at radius 1 is 1.09 bits per heavy atom. The lowest BCUT2D eigenvalue weighted by Gasteiger charge is -2.26. The third kappa shape index (κ3) is 6.53. The van der Waals surface area contributed by atoms with Gasteiger partial charge in [0, 0.05) is 48.6 Å². The smallest absolute Gasteiger partial charge is 0.324 e. The summed E-state index contributed by atoms with van der Waals surface area (Å²) in [5, 5.41) is 9.50. The summed E-state index contributed by atoms with van der Waals surface area (Å²) in [6, 6.07) is 13.4. The van der Waals surface area contributed by atoms with Gasteiger partial charge in [-0.25, -0.2) is 9.78 Å². The summed E-state index contributed by atoms with van der Waals surface area (Å²) in [5.41, 5.74) is 4.63. The topological polar surface area (TPSA) is 106 Å². The predicted octanol–water partition coefficient (Wildman–Crippen LogP) is 6.98. The summed E-state index contributed by atoms with van der Waals surface area (Å²) in [5.74, 6) is 2.35. The van der Waals surface area contributed by atoms with E-state index in [1.165, 1.54) is 5.56 Å². The molecule has 0 spiro atoms. The molecular weight excluding hydrogens is 564 g/mol. The molecule has 2 aromatic carbocycles. The molecule has 3 aromatic heterocycles. The van der Waals surface area contributed by atoms with Gasteiger partial charge in [-0.3, -0.25) is 14.6 Å². The zero-order valence-corrected chi connectivity index (χ0v) is 26.1. The molecule has 0 unspecified atom stereocenters. The second-order valence-corrected chi connectivity index (χ2v) is 13.2. The quantitative estimate of drug-likeness (QED) is 0.197. The Morgan fingerprint density at radius 3 is 2.56 bits per heavy atom. The molecule has 0 aliphatic carbocycles. The average Bonchev–Trinajstić information content (AvgIpc) is 3.68. The number of morpholine rings is 1. The van der Waals surface area contributed by atoms with Crippen LogP contribution in [0.4, 0.5) is 16.3 Å². The maximum absolute atomic E-state index is 12.5. The summed E-state index contributed by atoms with van der Waals surface area (Å²) in [6.45, 7) is 15.5. The maximum Gasteiger partial charge on any atom is 0.324 e. The Labute approximate surface area is 255 Å². The third-order valence-electron chi connectivity index (χ3n) is 7.55. The van der Waals surface area contributed by atoms with Crippen LogP contribution in [0.3, 0.4) is 0 Å². The highest BCUT2D eigenvalue weighted by atomic mass is 32.1. The van der Waals surface area contributed by atoms with Gasteiger partial charge in [0.25, 0.3) is 0 Å². The first-order valence-electron chi connectivity index (χ1n) is 14.7. The van der Waals surface area contributed by atoms with Crippen LogP contribution in [0.15, 0.2) is 53.2 Å². The number of urea groups is 1. The molecule has 1 aliphatic heterocycles. The lowest BCUT2D eigenvalue weighted by Crippen LogP contribution is -2.38. The van der Waals surface area contributed by atoms with E-state index in [1.54, 1.807) is 17.4 Å². The van der Waals surface area contributed by atoms with Crippen molar-refractivity contribution in [3.63, 3.8) is 0 Å². The van der Waals surface area contributed by atoms with E-state index in [1.807, 2.05) is 45.0 Å². The Bertz CT molecular complexity index is 1720. The number of benzene rings is 2. The zero-order valence-electron chi connectivity index (χ0n) is 25.3. The summed E-state index contributed by atoms with van der Waals surface area (Å²) >= 11 is 1.65. The van der Waals surface area contributed by atoms with E-state index in [2.05, 4.69) is 57.3 Å². The van der Waals surface area contributed by atoms with Crippen molar-refractivity contribution >= 4 is 44.1 Å². The number of anilines is 2. The number of hydrogen-bond donors (Lipinski definition) is 2. The van der Waals surface area contributed by atoms with Crippen LogP contribution in [0.5, 0.6) is 5.75 Å². The van der Waals surface area contributed by atoms with Crippen molar-refractivity contribution in [2.75, 3.05) is 50.1 Å². The van der Waals surface area contributed by atoms with Gasteiger partial charge >= 0.3 is 6.03 Å². The molecule has 0 atom stereocenters. The number of imidazole rings is 1. The maximum atomic E-state index is 12.5. The molecule has 226 valence electrons. The first-order chi connectivity index (χ1) is 20.6. The third-order valence-corrected chi connectivity index (χ3v) is 8.56. The fourth-order valence-corrected chi connectivity index (χ4v) is 6.08. The Hall–Kier alpha value is -3.93. The number of carbonyl (C=O) groups excluding carboxylic acids is 1. The van der Waals surface area contributed by atoms with Crippen LogP contribution in [0.25, 0.3) is 26.4 Å². The van der Waals surface area contributed by atoms with Crippen LogP contribution in [-0.2, 0) is 10.2 Å². The number of nitrogens with zero attached hydrogens (tertiary/aromatic N) is 4. The molecule has 1 fully saturated rings. The summed E-state index contributed by atoms with van der Waals surface area (Å²) in [4.78, 5) is 20.7. The number of rotatable bonds is 8. The van der Waals surface area contributed by atoms with Crippen LogP contribution < -0.4 is 15.4 Å². The minimum Gasteiger partial charge on any atom is -0.492 e. The SMILES string of the molecule is CC(C)c1cc2c(cc1OCCN1CCOCC1)sc1nc(-c3ccc(NC(=O)Nc4cc(C(C)(C)C)on4)cc3)cn12. The number of ether oxygens (including phenoxy) is 2. The summed E-state index contributed by atoms with van der Waals surface area (Å²) in [7, 11) is 0. The highest BCUT2D eigenvalue weighted by Crippen LogP contribution is 2.37. The lowest BCUT2D eigenvalue weighted by atomic mass is 9.93. The zero-order chi connectivity index (χ0) is 30.1. The standard InChI is InChI=1S/C32H38N6O4S/c1-20(2)23-16-25-27(17-26(23)41-15-12-37-10-13-40-14-11-37)43-31-34-24(19-38(25)31)21-6-8-22(9-7-21)33-30(39)35-29-18-28(42-36-29)32(3,4)5/h6-9,16-20H,10-15H2,1-5H3,(H2,33,35,36,39). The molecule has 6 rings (SSSR count). The second-order valence-electron chi connectivity index (χ2n) is 12.2. The van der Waals surface area contributed by atoms with Crippen LogP contribution in [0.1, 0.15) is 51.9 Å². The fraction of sp³-hybridized carbons (Fsp3) is 0.406. The van der Waals surface area contributed by atoms with Crippen molar-refractivity contribution in [1.82, 2.24) is 19.4 Å². The van der Waals surface area contributed by atoms with Crippen molar-refractivity contribution in [1.29, 1.82) is 0 Å². The van der Waals surface area contributed by atoms with E-state index in [4.69, 9.17) is 19.0 Å². The number of fused-ring (bicyclic) bond motifs is 3. The van der Waals surface area contributed by atoms with Crippen molar-refractivity contribution in [3.8, 4) is 17.0 Å². The van der Waals surface area contributed by atoms with E-state index in [9.17, 15) is 4.79 Å². The number of thiazole rings is 1. The van der Waals surface area contributed by atoms with Gasteiger partial charge in [0.15, 0.2) is 10.8 Å². The Balaban J connectivity index is 1.14. The van der Waals surface area contributed by atoms with Crippen molar-refractivity contribution in [2.24, 2.45) is 0 Å². The summed E-state index contributed by atoms with van der Waals surface area (Å²) < 4.78 is 20.4. The number of aromatic nitrogens is 3. The number of nitrogens with one attached hydrogen (secondary N) is 2. The van der Waals surface area contributed by atoms with Crippen LogP contribution in [0, 0.1) is 0 Å². The van der Waals surface area contributed by atoms with Gasteiger partial charge < -0.3 is 19.3 Å². The second kappa shape index (κ2) is 12.0. The molecule has 10 nitrogen and oxygen atoms in total. The van der Waals surface area contributed by atoms with E-state index in [-0.39, 0.29) is 11.4 Å². The van der Waals surface area contributed by atoms with Gasteiger partial charge in [0.2, 0.25) is 0 Å². The van der Waals surface area contributed by atoms with Gasteiger partial charge in [-0.05, 0) is 35.7 Å². The molecule has 0 radical (unpaired) electrons. The molecule has 5 aromatic rings. The minimum absolute atomic E-state index is 0.190. The van der Waals surface area contributed by atoms with E-state index < -0.39 is 0 Å². The first kappa shape index (κ1) is 29.2. The molecule has 0 saturated carbocycles. The van der Waals surface area contributed by atoms with Gasteiger partial charge in [-0.1, -0.05) is 63.2 Å². The molecule has 2 amide bonds. The minimum atomic E-state index is -0.388. The van der Waals surface area contributed by atoms with Crippen LogP contribution >= 0.6 is 11.3 Å². The number of carbonyl (C=O) groups is 1. The highest BCUT2D eigenvalue weighted by Gasteiger charge is 2.21. The summed E-state index contributed by atoms with van der Waals surface area (Å²) in [6.07, 6.45) is 2.07. The number of amides is 2. The van der Waals surface area contributed by atoms with E-state index in [0.29, 0.717) is 29.8 Å². The largest absolute Gasteiger partial charge is 0.492 e. The van der Waals surface area contributed by atoms with E-state index >= 15 is 0 Å². The highest BCUT2D eigenvalue weighted by molar-refractivity contribution is 7.23. The van der Waals surface area contributed by atoms with Crippen molar-refractivity contribution < 1.29 is 18.8 Å². The molecule has 4 heterocycles. The lowest BCUT2D eigenvalue weighted by molar-refractivity contribution is 0.0322. The van der Waals surface area contributed by atoms with Crippen LogP contribution in [0.2, 0.25) is 0 Å². The molecular formula is C32H38N6O4S. The average molecular weight is 603 g/mol. The normalized spacial score (nSPS) is 14.6. The fourth-order valence-electron chi connectivity index (χ4n) is 5.06. The van der Waals surface area contributed by atoms with E-state index in [0.717, 1.165) is 65.0 Å². The predicted molar refractivity (Wildman–Crippen MR) is 171 cm³/mol. The monoisotopic (exact) mass is 602 g/mol. The van der Waals surface area contributed by atoms with Gasteiger partial charge in [-0.2, -0.15) is 0 Å². The first-order valence-corrected chi connectivity index (χ1v) is 15.5. The van der Waals surface area contributed by atoms with Crippen LogP contribution in [-0.4, -0.2) is 64.9 Å². The van der Waals surface area contributed by atoms with Gasteiger partial charge in [0.05, 0.1) is 29.1 Å². The van der Waals surface area contributed by atoms with Gasteiger partial charge in [-0.15, -0.1) is 0 Å². The molecule has 0 bridgehead atoms. The molecule has 1 saturated heterocycles.